The molecule has 0 aliphatic carbocycles. The Kier molecular flexibility index (Phi) is 7.56. The van der Waals surface area contributed by atoms with Crippen LogP contribution in [0.25, 0.3) is 6.08 Å². The topological polar surface area (TPSA) is 115 Å². The Morgan fingerprint density at radius 2 is 2.05 bits per heavy atom. The van der Waals surface area contributed by atoms with E-state index in [4.69, 9.17) is 17.0 Å². The van der Waals surface area contributed by atoms with E-state index < -0.39 is 35.1 Å². The average molecular weight is 567 g/mol. The molecule has 0 atom stereocenters. The lowest BCUT2D eigenvalue weighted by Crippen LogP contribution is -2.27. The molecule has 0 bridgehead atoms. The molecule has 0 unspecified atom stereocenters. The number of amides is 2. The standard InChI is InChI=1S/C22H13F3N4O5S3/c23-22(24,25)13-2-1-3-14(10-13)28-19(31)17(37-21(28)35)9-12-8-15(29(32)33)4-5-16(12)34-11-18(30)27-20-26-6-7-36-20/h1-10H,11H2,(H,26,27,30). The van der Waals surface area contributed by atoms with Crippen LogP contribution in [0.2, 0.25) is 0 Å². The van der Waals surface area contributed by atoms with Crippen molar-refractivity contribution in [3.05, 3.63) is 80.2 Å². The number of nitrogens with zero attached hydrogens (tertiary/aromatic N) is 3. The van der Waals surface area contributed by atoms with E-state index in [9.17, 15) is 32.9 Å². The maximum absolute atomic E-state index is 13.1. The second-order valence-electron chi connectivity index (χ2n) is 7.22. The summed E-state index contributed by atoms with van der Waals surface area (Å²) in [6, 6.07) is 7.72. The zero-order valence-corrected chi connectivity index (χ0v) is 20.7. The van der Waals surface area contributed by atoms with Crippen LogP contribution in [0, 0.1) is 10.1 Å². The maximum Gasteiger partial charge on any atom is 0.416 e. The zero-order chi connectivity index (χ0) is 26.7. The van der Waals surface area contributed by atoms with Crippen LogP contribution in [0.15, 0.2) is 58.9 Å². The summed E-state index contributed by atoms with van der Waals surface area (Å²) in [6.45, 7) is -0.455. The van der Waals surface area contributed by atoms with E-state index in [1.54, 1.807) is 5.38 Å². The number of nitro benzene ring substituents is 1. The van der Waals surface area contributed by atoms with Gasteiger partial charge < -0.3 is 4.74 Å². The predicted molar refractivity (Wildman–Crippen MR) is 136 cm³/mol. The molecule has 4 rings (SSSR count). The summed E-state index contributed by atoms with van der Waals surface area (Å²) in [6.07, 6.45) is -1.84. The Labute approximate surface area is 220 Å². The number of nitrogens with one attached hydrogen (secondary N) is 1. The third-order valence-electron chi connectivity index (χ3n) is 4.75. The summed E-state index contributed by atoms with van der Waals surface area (Å²) in [5.74, 6) is -1.19. The first-order valence-electron chi connectivity index (χ1n) is 10.1. The fourth-order valence-corrected chi connectivity index (χ4v) is 4.97. The van der Waals surface area contributed by atoms with Crippen LogP contribution in [0.1, 0.15) is 11.1 Å². The molecule has 1 saturated heterocycles. The van der Waals surface area contributed by atoms with Gasteiger partial charge in [-0.2, -0.15) is 13.2 Å². The number of hydrogen-bond acceptors (Lipinski definition) is 9. The van der Waals surface area contributed by atoms with Gasteiger partial charge in [-0.05, 0) is 30.3 Å². The number of carbonyl (C=O) groups excluding carboxylic acids is 2. The third-order valence-corrected chi connectivity index (χ3v) is 6.74. The summed E-state index contributed by atoms with van der Waals surface area (Å²) in [7, 11) is 0. The van der Waals surface area contributed by atoms with Gasteiger partial charge in [0.05, 0.1) is 21.1 Å². The van der Waals surface area contributed by atoms with Gasteiger partial charge in [-0.25, -0.2) is 4.98 Å². The quantitative estimate of drug-likeness (QED) is 0.173. The van der Waals surface area contributed by atoms with Crippen molar-refractivity contribution in [1.29, 1.82) is 0 Å². The van der Waals surface area contributed by atoms with Crippen molar-refractivity contribution >= 4 is 74.0 Å². The van der Waals surface area contributed by atoms with Crippen LogP contribution >= 0.6 is 35.3 Å². The van der Waals surface area contributed by atoms with E-state index in [0.717, 1.165) is 40.9 Å². The van der Waals surface area contributed by atoms with E-state index in [1.807, 2.05) is 0 Å². The first kappa shape index (κ1) is 26.2. The monoisotopic (exact) mass is 566 g/mol. The highest BCUT2D eigenvalue weighted by atomic mass is 32.2. The molecule has 9 nitrogen and oxygen atoms in total. The third kappa shape index (κ3) is 6.12. The van der Waals surface area contributed by atoms with E-state index in [-0.39, 0.29) is 31.9 Å². The summed E-state index contributed by atoms with van der Waals surface area (Å²) < 4.78 is 44.9. The molecule has 1 aliphatic rings. The predicted octanol–water partition coefficient (Wildman–Crippen LogP) is 5.49. The zero-order valence-electron chi connectivity index (χ0n) is 18.2. The van der Waals surface area contributed by atoms with Crippen molar-refractivity contribution in [2.75, 3.05) is 16.8 Å². The van der Waals surface area contributed by atoms with Crippen LogP contribution in [-0.2, 0) is 15.8 Å². The van der Waals surface area contributed by atoms with Gasteiger partial charge in [0.25, 0.3) is 17.5 Å². The largest absolute Gasteiger partial charge is 0.483 e. The highest BCUT2D eigenvalue weighted by molar-refractivity contribution is 8.27. The van der Waals surface area contributed by atoms with Crippen molar-refractivity contribution in [3.8, 4) is 5.75 Å². The van der Waals surface area contributed by atoms with Crippen LogP contribution in [-0.4, -0.2) is 32.6 Å². The Hall–Kier alpha value is -3.82. The lowest BCUT2D eigenvalue weighted by molar-refractivity contribution is -0.384. The van der Waals surface area contributed by atoms with Gasteiger partial charge in [0.2, 0.25) is 0 Å². The molecule has 2 amide bonds. The smallest absolute Gasteiger partial charge is 0.416 e. The molecule has 0 radical (unpaired) electrons. The molecule has 2 heterocycles. The van der Waals surface area contributed by atoms with Crippen LogP contribution in [0.5, 0.6) is 5.75 Å². The van der Waals surface area contributed by atoms with Crippen molar-refractivity contribution in [3.63, 3.8) is 0 Å². The van der Waals surface area contributed by atoms with Crippen molar-refractivity contribution < 1.29 is 32.4 Å². The van der Waals surface area contributed by atoms with Crippen molar-refractivity contribution in [2.45, 2.75) is 6.18 Å². The SMILES string of the molecule is O=C(COc1ccc([N+](=O)[O-])cc1C=C1SC(=S)N(c2cccc(C(F)(F)F)c2)C1=O)Nc1nccs1. The molecule has 37 heavy (non-hydrogen) atoms. The number of nitro groups is 1. The lowest BCUT2D eigenvalue weighted by atomic mass is 10.1. The normalized spacial score (nSPS) is 14.8. The van der Waals surface area contributed by atoms with E-state index in [0.29, 0.717) is 5.13 Å². The molecule has 0 saturated carbocycles. The minimum absolute atomic E-state index is 0.00000298. The lowest BCUT2D eigenvalue weighted by Gasteiger charge is -2.16. The first-order valence-corrected chi connectivity index (χ1v) is 12.2. The molecule has 0 spiro atoms. The van der Waals surface area contributed by atoms with Gasteiger partial charge in [-0.15, -0.1) is 11.3 Å². The summed E-state index contributed by atoms with van der Waals surface area (Å²) in [5.41, 5.74) is -1.23. The summed E-state index contributed by atoms with van der Waals surface area (Å²) in [5, 5.41) is 15.8. The Morgan fingerprint density at radius 1 is 1.27 bits per heavy atom. The summed E-state index contributed by atoms with van der Waals surface area (Å²) >= 11 is 7.23. The molecule has 2 aromatic carbocycles. The number of thiocarbonyl (C=S) groups is 1. The Bertz CT molecular complexity index is 1430. The van der Waals surface area contributed by atoms with Gasteiger partial charge >= 0.3 is 6.18 Å². The molecular formula is C22H13F3N4O5S3. The van der Waals surface area contributed by atoms with Gasteiger partial charge in [0.15, 0.2) is 16.1 Å². The molecule has 3 aromatic rings. The Morgan fingerprint density at radius 3 is 2.73 bits per heavy atom. The van der Waals surface area contributed by atoms with Crippen LogP contribution in [0.4, 0.5) is 29.7 Å². The van der Waals surface area contributed by atoms with Crippen LogP contribution in [0.3, 0.4) is 0 Å². The van der Waals surface area contributed by atoms with Gasteiger partial charge in [-0.3, -0.25) is 29.9 Å². The highest BCUT2D eigenvalue weighted by Gasteiger charge is 2.36. The fourth-order valence-electron chi connectivity index (χ4n) is 3.13. The Balaban J connectivity index is 1.61. The number of benzene rings is 2. The van der Waals surface area contributed by atoms with Gasteiger partial charge in [-0.1, -0.05) is 30.0 Å². The minimum Gasteiger partial charge on any atom is -0.483 e. The molecule has 1 fully saturated rings. The maximum atomic E-state index is 13.1. The van der Waals surface area contributed by atoms with Crippen molar-refractivity contribution in [2.24, 2.45) is 0 Å². The number of non-ortho nitro benzene ring substituents is 1. The fraction of sp³-hybridized carbons (Fsp3) is 0.0909. The number of halogens is 3. The highest BCUT2D eigenvalue weighted by Crippen LogP contribution is 2.39. The van der Waals surface area contributed by atoms with E-state index in [1.165, 1.54) is 41.8 Å². The minimum atomic E-state index is -4.62. The van der Waals surface area contributed by atoms with Gasteiger partial charge in [0.1, 0.15) is 5.75 Å². The summed E-state index contributed by atoms with van der Waals surface area (Å²) in [4.78, 5) is 40.7. The van der Waals surface area contributed by atoms with Crippen LogP contribution < -0.4 is 15.0 Å². The number of aromatic nitrogens is 1. The number of ether oxygens (including phenoxy) is 1. The number of rotatable bonds is 7. The number of alkyl halides is 3. The van der Waals surface area contributed by atoms with Crippen molar-refractivity contribution in [1.82, 2.24) is 4.98 Å². The second-order valence-corrected chi connectivity index (χ2v) is 9.79. The molecular weight excluding hydrogens is 553 g/mol. The van der Waals surface area contributed by atoms with E-state index in [2.05, 4.69) is 10.3 Å². The molecule has 1 aromatic heterocycles. The van der Waals surface area contributed by atoms with E-state index >= 15 is 0 Å². The second kappa shape index (κ2) is 10.7. The number of thiazole rings is 1. The van der Waals surface area contributed by atoms with Gasteiger partial charge in [0, 0.05) is 29.3 Å². The first-order chi connectivity index (χ1) is 17.5. The molecule has 15 heteroatoms. The average Bonchev–Trinajstić information content (AvgIpc) is 3.44. The molecule has 1 N–H and O–H groups in total. The molecule has 190 valence electrons. The number of carbonyl (C=O) groups is 2. The molecule has 1 aliphatic heterocycles. The number of anilines is 2. The number of thioether (sulfide) groups is 1. The number of hydrogen-bond donors (Lipinski definition) is 1.